The van der Waals surface area contributed by atoms with E-state index in [1.165, 1.54) is 0 Å². The van der Waals surface area contributed by atoms with Crippen molar-refractivity contribution >= 4 is 21.9 Å². The molecule has 18 heavy (non-hydrogen) atoms. The van der Waals surface area contributed by atoms with Crippen molar-refractivity contribution in [1.82, 2.24) is 9.78 Å². The maximum absolute atomic E-state index is 8.43. The lowest BCUT2D eigenvalue weighted by atomic mass is 10.2. The first-order valence-electron chi connectivity index (χ1n) is 5.65. The third kappa shape index (κ3) is 1.59. The zero-order chi connectivity index (χ0) is 12.5. The van der Waals surface area contributed by atoms with E-state index in [0.29, 0.717) is 6.54 Å². The Labute approximate surface area is 102 Å². The van der Waals surface area contributed by atoms with E-state index in [4.69, 9.17) is 9.95 Å². The molecule has 0 spiro atoms. The van der Waals surface area contributed by atoms with Gasteiger partial charge in [-0.3, -0.25) is 4.68 Å². The van der Waals surface area contributed by atoms with Crippen LogP contribution in [0.4, 0.5) is 0 Å². The summed E-state index contributed by atoms with van der Waals surface area (Å²) in [7, 11) is 0. The van der Waals surface area contributed by atoms with Crippen molar-refractivity contribution in [2.75, 3.05) is 0 Å². The van der Waals surface area contributed by atoms with Crippen LogP contribution in [0.3, 0.4) is 0 Å². The third-order valence-electron chi connectivity index (χ3n) is 2.91. The normalized spacial score (nSPS) is 12.7. The first-order chi connectivity index (χ1) is 8.79. The van der Waals surface area contributed by atoms with Crippen LogP contribution in [0, 0.1) is 0 Å². The molecule has 2 aromatic heterocycles. The third-order valence-corrected chi connectivity index (χ3v) is 2.91. The minimum atomic E-state index is -0.150. The van der Waals surface area contributed by atoms with Crippen LogP contribution < -0.4 is 0 Å². The summed E-state index contributed by atoms with van der Waals surface area (Å²) in [5.41, 5.74) is 10.2. The van der Waals surface area contributed by atoms with Gasteiger partial charge in [-0.2, -0.15) is 5.10 Å². The number of hydrogen-bond donors (Lipinski definition) is 0. The molecule has 6 heteroatoms. The van der Waals surface area contributed by atoms with Gasteiger partial charge in [0.1, 0.15) is 5.52 Å². The smallest absolute Gasteiger partial charge is 0.159 e. The van der Waals surface area contributed by atoms with Crippen molar-refractivity contribution in [1.29, 1.82) is 0 Å². The molecule has 3 rings (SSSR count). The van der Waals surface area contributed by atoms with Crippen LogP contribution in [0.15, 0.2) is 40.2 Å². The van der Waals surface area contributed by atoms with Gasteiger partial charge < -0.3 is 4.42 Å². The molecule has 0 amide bonds. The molecular weight excluding hydrogens is 230 g/mol. The Kier molecular flexibility index (Phi) is 2.42. The first kappa shape index (κ1) is 10.7. The van der Waals surface area contributed by atoms with E-state index in [-0.39, 0.29) is 6.04 Å². The monoisotopic (exact) mass is 241 g/mol. The average molecular weight is 241 g/mol. The average Bonchev–Trinajstić information content (AvgIpc) is 2.94. The highest BCUT2D eigenvalue weighted by Gasteiger charge is 2.11. The fourth-order valence-electron chi connectivity index (χ4n) is 2.11. The highest BCUT2D eigenvalue weighted by atomic mass is 16.3. The van der Waals surface area contributed by atoms with Gasteiger partial charge in [0.2, 0.25) is 0 Å². The molecule has 1 unspecified atom stereocenters. The molecule has 0 radical (unpaired) electrons. The second kappa shape index (κ2) is 4.09. The van der Waals surface area contributed by atoms with Crippen LogP contribution in [0.5, 0.6) is 0 Å². The van der Waals surface area contributed by atoms with Crippen LogP contribution in [0.25, 0.3) is 32.3 Å². The van der Waals surface area contributed by atoms with Gasteiger partial charge in [-0.25, -0.2) is 0 Å². The number of furan rings is 1. The Balaban J connectivity index is 2.17. The van der Waals surface area contributed by atoms with Gasteiger partial charge >= 0.3 is 0 Å². The van der Waals surface area contributed by atoms with Crippen molar-refractivity contribution in [3.8, 4) is 0 Å². The van der Waals surface area contributed by atoms with Gasteiger partial charge in [0.15, 0.2) is 5.58 Å². The molecular formula is C12H11N5O. The Morgan fingerprint density at radius 3 is 3.11 bits per heavy atom. The number of hydrogen-bond acceptors (Lipinski definition) is 3. The highest BCUT2D eigenvalue weighted by molar-refractivity contribution is 6.01. The Hall–Kier alpha value is -2.46. The molecule has 0 aliphatic carbocycles. The van der Waals surface area contributed by atoms with E-state index in [9.17, 15) is 0 Å². The minimum Gasteiger partial charge on any atom is -0.462 e. The lowest BCUT2D eigenvalue weighted by molar-refractivity contribution is 0.547. The number of fused-ring (bicyclic) bond motifs is 3. The molecule has 1 atom stereocenters. The summed E-state index contributed by atoms with van der Waals surface area (Å²) < 4.78 is 7.33. The molecule has 1 aromatic carbocycles. The van der Waals surface area contributed by atoms with Crippen molar-refractivity contribution < 1.29 is 4.42 Å². The number of aromatic nitrogens is 2. The summed E-state index contributed by atoms with van der Waals surface area (Å²) in [6.45, 7) is 2.39. The maximum Gasteiger partial charge on any atom is 0.159 e. The van der Waals surface area contributed by atoms with Crippen molar-refractivity contribution in [2.24, 2.45) is 5.11 Å². The van der Waals surface area contributed by atoms with Gasteiger partial charge in [0.05, 0.1) is 18.5 Å². The van der Waals surface area contributed by atoms with Crippen LogP contribution in [0.2, 0.25) is 0 Å². The summed E-state index contributed by atoms with van der Waals surface area (Å²) >= 11 is 0. The zero-order valence-electron chi connectivity index (χ0n) is 9.82. The summed E-state index contributed by atoms with van der Waals surface area (Å²) in [4.78, 5) is 2.81. The summed E-state index contributed by atoms with van der Waals surface area (Å²) in [6.07, 6.45) is 3.46. The fourth-order valence-corrected chi connectivity index (χ4v) is 2.11. The van der Waals surface area contributed by atoms with E-state index in [1.54, 1.807) is 12.5 Å². The van der Waals surface area contributed by atoms with Crippen molar-refractivity contribution in [3.63, 3.8) is 0 Å². The predicted octanol–water partition coefficient (Wildman–Crippen LogP) is 3.48. The summed E-state index contributed by atoms with van der Waals surface area (Å²) in [5.74, 6) is 0. The Bertz CT molecular complexity index is 750. The standard InChI is InChI=1S/C12H11N5O/c1-8(15-16-13)7-17-11-10(6-14-17)3-2-9-4-5-18-12(9)11/h2-6,8H,7H2,1H3. The van der Waals surface area contributed by atoms with Crippen molar-refractivity contribution in [3.05, 3.63) is 41.1 Å². The van der Waals surface area contributed by atoms with Gasteiger partial charge in [0, 0.05) is 22.2 Å². The summed E-state index contributed by atoms with van der Waals surface area (Å²) in [6, 6.07) is 5.78. The molecule has 0 aliphatic rings. The molecule has 0 aliphatic heterocycles. The van der Waals surface area contributed by atoms with Crippen LogP contribution in [-0.2, 0) is 6.54 Å². The topological polar surface area (TPSA) is 79.7 Å². The van der Waals surface area contributed by atoms with E-state index in [1.807, 2.05) is 29.8 Å². The number of rotatable bonds is 3. The van der Waals surface area contributed by atoms with Crippen LogP contribution >= 0.6 is 0 Å². The number of azide groups is 1. The van der Waals surface area contributed by atoms with Gasteiger partial charge in [-0.1, -0.05) is 24.2 Å². The highest BCUT2D eigenvalue weighted by Crippen LogP contribution is 2.26. The first-order valence-corrected chi connectivity index (χ1v) is 5.65. The van der Waals surface area contributed by atoms with E-state index in [0.717, 1.165) is 21.9 Å². The molecule has 3 aromatic rings. The molecule has 0 bridgehead atoms. The van der Waals surface area contributed by atoms with E-state index >= 15 is 0 Å². The molecule has 2 heterocycles. The molecule has 0 saturated carbocycles. The van der Waals surface area contributed by atoms with Gasteiger partial charge in [0.25, 0.3) is 0 Å². The van der Waals surface area contributed by atoms with Crippen LogP contribution in [0.1, 0.15) is 6.92 Å². The molecule has 90 valence electrons. The lowest BCUT2D eigenvalue weighted by Gasteiger charge is -2.06. The predicted molar refractivity (Wildman–Crippen MR) is 68.1 cm³/mol. The van der Waals surface area contributed by atoms with Gasteiger partial charge in [-0.05, 0) is 11.6 Å². The number of nitrogens with zero attached hydrogens (tertiary/aromatic N) is 5. The fraction of sp³-hybridized carbons (Fsp3) is 0.250. The lowest BCUT2D eigenvalue weighted by Crippen LogP contribution is -2.10. The molecule has 0 N–H and O–H groups in total. The quantitative estimate of drug-likeness (QED) is 0.399. The van der Waals surface area contributed by atoms with Gasteiger partial charge in [-0.15, -0.1) is 0 Å². The largest absolute Gasteiger partial charge is 0.462 e. The zero-order valence-corrected chi connectivity index (χ0v) is 9.82. The number of benzene rings is 1. The minimum absolute atomic E-state index is 0.150. The van der Waals surface area contributed by atoms with Crippen LogP contribution in [-0.4, -0.2) is 15.8 Å². The maximum atomic E-state index is 8.43. The van der Waals surface area contributed by atoms with E-state index < -0.39 is 0 Å². The second-order valence-corrected chi connectivity index (χ2v) is 4.22. The van der Waals surface area contributed by atoms with Crippen molar-refractivity contribution in [2.45, 2.75) is 19.5 Å². The molecule has 0 saturated heterocycles. The SMILES string of the molecule is CC(Cn1ncc2ccc3ccoc3c21)N=[N+]=[N-]. The molecule has 6 nitrogen and oxygen atoms in total. The molecule has 0 fully saturated rings. The summed E-state index contributed by atoms with van der Waals surface area (Å²) in [5, 5.41) is 10.0. The second-order valence-electron chi connectivity index (χ2n) is 4.22. The Morgan fingerprint density at radius 1 is 1.44 bits per heavy atom. The Morgan fingerprint density at radius 2 is 2.28 bits per heavy atom. The van der Waals surface area contributed by atoms with E-state index in [2.05, 4.69) is 15.1 Å².